The summed E-state index contributed by atoms with van der Waals surface area (Å²) < 4.78 is 18.7. The van der Waals surface area contributed by atoms with Crippen LogP contribution in [0, 0.1) is 11.7 Å². The van der Waals surface area contributed by atoms with Crippen LogP contribution in [0.15, 0.2) is 48.5 Å². The monoisotopic (exact) mass is 343 g/mol. The molecule has 3 rings (SSSR count). The average Bonchev–Trinajstić information content (AvgIpc) is 2.61. The highest BCUT2D eigenvalue weighted by atomic mass is 19.1. The van der Waals surface area contributed by atoms with Crippen molar-refractivity contribution in [3.8, 4) is 5.75 Å². The van der Waals surface area contributed by atoms with Crippen LogP contribution < -0.4 is 10.1 Å². The predicted molar refractivity (Wildman–Crippen MR) is 88.7 cm³/mol. The molecule has 0 aliphatic carbocycles. The van der Waals surface area contributed by atoms with E-state index in [9.17, 15) is 14.0 Å². The molecule has 0 saturated heterocycles. The van der Waals surface area contributed by atoms with Gasteiger partial charge in [-0.1, -0.05) is 30.3 Å². The summed E-state index contributed by atoms with van der Waals surface area (Å²) in [6, 6.07) is 12.3. The van der Waals surface area contributed by atoms with Crippen LogP contribution >= 0.6 is 0 Å². The molecule has 0 spiro atoms. The van der Waals surface area contributed by atoms with Crippen LogP contribution in [-0.4, -0.2) is 23.6 Å². The van der Waals surface area contributed by atoms with E-state index in [1.807, 2.05) is 24.3 Å². The molecule has 1 heterocycles. The van der Waals surface area contributed by atoms with E-state index >= 15 is 0 Å². The molecule has 2 aromatic carbocycles. The fourth-order valence-corrected chi connectivity index (χ4v) is 2.91. The number of hydrogen-bond donors (Lipinski definition) is 2. The van der Waals surface area contributed by atoms with Crippen LogP contribution in [0.5, 0.6) is 5.75 Å². The molecule has 130 valence electrons. The molecule has 2 N–H and O–H groups in total. The minimum Gasteiger partial charge on any atom is -0.492 e. The quantitative estimate of drug-likeness (QED) is 0.875. The maximum Gasteiger partial charge on any atom is 0.305 e. The Morgan fingerprint density at radius 3 is 2.64 bits per heavy atom. The summed E-state index contributed by atoms with van der Waals surface area (Å²) in [6.45, 7) is 0.242. The van der Waals surface area contributed by atoms with E-state index in [-0.39, 0.29) is 18.9 Å². The highest BCUT2D eigenvalue weighted by Gasteiger charge is 2.28. The smallest absolute Gasteiger partial charge is 0.305 e. The topological polar surface area (TPSA) is 75.6 Å². The zero-order valence-electron chi connectivity index (χ0n) is 13.4. The Hall–Kier alpha value is -2.89. The third-order valence-electron chi connectivity index (χ3n) is 4.22. The first-order valence-electron chi connectivity index (χ1n) is 8.01. The van der Waals surface area contributed by atoms with Gasteiger partial charge in [0, 0.05) is 0 Å². The SMILES string of the molecule is O=C(O)C[C@H](NC(=O)[C@@H]1COc2ccccc2C1)c1ccc(F)cc1. The molecule has 25 heavy (non-hydrogen) atoms. The lowest BCUT2D eigenvalue weighted by atomic mass is 9.95. The lowest BCUT2D eigenvalue weighted by Crippen LogP contribution is -2.39. The van der Waals surface area contributed by atoms with Gasteiger partial charge in [0.1, 0.15) is 18.2 Å². The Morgan fingerprint density at radius 1 is 1.20 bits per heavy atom. The molecule has 5 nitrogen and oxygen atoms in total. The summed E-state index contributed by atoms with van der Waals surface area (Å²) >= 11 is 0. The molecule has 6 heteroatoms. The Kier molecular flexibility index (Phi) is 4.97. The summed E-state index contributed by atoms with van der Waals surface area (Å²) in [5.74, 6) is -1.36. The van der Waals surface area contributed by atoms with Gasteiger partial charge >= 0.3 is 5.97 Å². The van der Waals surface area contributed by atoms with Gasteiger partial charge in [-0.05, 0) is 35.7 Å². The third kappa shape index (κ3) is 4.15. The molecule has 2 aromatic rings. The first-order valence-corrected chi connectivity index (χ1v) is 8.01. The van der Waals surface area contributed by atoms with E-state index in [2.05, 4.69) is 5.32 Å². The summed E-state index contributed by atoms with van der Waals surface area (Å²) in [5.41, 5.74) is 1.50. The molecule has 0 fully saturated rings. The second kappa shape index (κ2) is 7.34. The van der Waals surface area contributed by atoms with Crippen molar-refractivity contribution in [1.82, 2.24) is 5.32 Å². The Balaban J connectivity index is 1.72. The van der Waals surface area contributed by atoms with Crippen LogP contribution in [0.1, 0.15) is 23.6 Å². The number of carboxylic acids is 1. The molecule has 0 saturated carbocycles. The van der Waals surface area contributed by atoms with Crippen LogP contribution in [0.4, 0.5) is 4.39 Å². The van der Waals surface area contributed by atoms with Crippen molar-refractivity contribution in [2.45, 2.75) is 18.9 Å². The number of hydrogen-bond acceptors (Lipinski definition) is 3. The zero-order valence-corrected chi connectivity index (χ0v) is 13.4. The second-order valence-electron chi connectivity index (χ2n) is 6.03. The Morgan fingerprint density at radius 2 is 1.92 bits per heavy atom. The van der Waals surface area contributed by atoms with Crippen LogP contribution in [0.3, 0.4) is 0 Å². The molecule has 1 amide bonds. The minimum absolute atomic E-state index is 0.242. The van der Waals surface area contributed by atoms with Gasteiger partial charge in [-0.3, -0.25) is 9.59 Å². The summed E-state index contributed by atoms with van der Waals surface area (Å²) in [6.07, 6.45) is 0.257. The normalized spacial score (nSPS) is 17.1. The van der Waals surface area contributed by atoms with Crippen molar-refractivity contribution in [3.63, 3.8) is 0 Å². The average molecular weight is 343 g/mol. The van der Waals surface area contributed by atoms with Gasteiger partial charge in [0.25, 0.3) is 0 Å². The molecule has 0 bridgehead atoms. The van der Waals surface area contributed by atoms with Crippen molar-refractivity contribution in [2.24, 2.45) is 5.92 Å². The maximum absolute atomic E-state index is 13.1. The highest BCUT2D eigenvalue weighted by Crippen LogP contribution is 2.27. The number of para-hydroxylation sites is 1. The lowest BCUT2D eigenvalue weighted by molar-refractivity contribution is -0.138. The van der Waals surface area contributed by atoms with Gasteiger partial charge in [0.15, 0.2) is 0 Å². The highest BCUT2D eigenvalue weighted by molar-refractivity contribution is 5.81. The maximum atomic E-state index is 13.1. The minimum atomic E-state index is -1.04. The first-order chi connectivity index (χ1) is 12.0. The van der Waals surface area contributed by atoms with Crippen molar-refractivity contribution in [3.05, 3.63) is 65.5 Å². The van der Waals surface area contributed by atoms with E-state index in [0.717, 1.165) is 11.3 Å². The van der Waals surface area contributed by atoms with Crippen LogP contribution in [0.25, 0.3) is 0 Å². The van der Waals surface area contributed by atoms with Gasteiger partial charge in [-0.15, -0.1) is 0 Å². The second-order valence-corrected chi connectivity index (χ2v) is 6.03. The number of carboxylic acid groups (broad SMARTS) is 1. The summed E-state index contributed by atoms with van der Waals surface area (Å²) in [5, 5.41) is 11.9. The molecule has 2 atom stereocenters. The number of fused-ring (bicyclic) bond motifs is 1. The van der Waals surface area contributed by atoms with Gasteiger partial charge in [-0.25, -0.2) is 4.39 Å². The fraction of sp³-hybridized carbons (Fsp3) is 0.263. The lowest BCUT2D eigenvalue weighted by Gasteiger charge is -2.26. The molecule has 0 radical (unpaired) electrons. The largest absolute Gasteiger partial charge is 0.492 e. The molecular weight excluding hydrogens is 325 g/mol. The number of nitrogens with one attached hydrogen (secondary N) is 1. The van der Waals surface area contributed by atoms with E-state index in [1.54, 1.807) is 0 Å². The van der Waals surface area contributed by atoms with Gasteiger partial charge in [0.05, 0.1) is 18.4 Å². The Bertz CT molecular complexity index is 775. The van der Waals surface area contributed by atoms with Crippen LogP contribution in [-0.2, 0) is 16.0 Å². The number of aliphatic carboxylic acids is 1. The predicted octanol–water partition coefficient (Wildman–Crippen LogP) is 2.71. The van der Waals surface area contributed by atoms with E-state index in [4.69, 9.17) is 9.84 Å². The Labute approximate surface area is 144 Å². The van der Waals surface area contributed by atoms with Gasteiger partial charge in [0.2, 0.25) is 5.91 Å². The van der Waals surface area contributed by atoms with Gasteiger partial charge in [-0.2, -0.15) is 0 Å². The van der Waals surface area contributed by atoms with Crippen LogP contribution in [0.2, 0.25) is 0 Å². The third-order valence-corrected chi connectivity index (χ3v) is 4.22. The van der Waals surface area contributed by atoms with Crippen molar-refractivity contribution >= 4 is 11.9 Å². The number of benzene rings is 2. The number of carbonyl (C=O) groups excluding carboxylic acids is 1. The number of amides is 1. The van der Waals surface area contributed by atoms with Crippen molar-refractivity contribution < 1.29 is 23.8 Å². The number of ether oxygens (including phenoxy) is 1. The molecule has 0 aromatic heterocycles. The standard InChI is InChI=1S/C19H18FNO4/c20-15-7-5-12(6-8-15)16(10-18(22)23)21-19(24)14-9-13-3-1-2-4-17(13)25-11-14/h1-8,14,16H,9-11H2,(H,21,24)(H,22,23)/t14-,16-/m0/s1. The van der Waals surface area contributed by atoms with E-state index in [0.29, 0.717) is 12.0 Å². The zero-order chi connectivity index (χ0) is 17.8. The number of carbonyl (C=O) groups is 2. The molecular formula is C19H18FNO4. The van der Waals surface area contributed by atoms with Crippen molar-refractivity contribution in [2.75, 3.05) is 6.61 Å². The number of halogens is 1. The molecule has 1 aliphatic rings. The van der Waals surface area contributed by atoms with Crippen molar-refractivity contribution in [1.29, 1.82) is 0 Å². The fourth-order valence-electron chi connectivity index (χ4n) is 2.91. The van der Waals surface area contributed by atoms with Gasteiger partial charge < -0.3 is 15.2 Å². The summed E-state index contributed by atoms with van der Waals surface area (Å²) in [7, 11) is 0. The molecule has 1 aliphatic heterocycles. The summed E-state index contributed by atoms with van der Waals surface area (Å²) in [4.78, 5) is 23.7. The first kappa shape index (κ1) is 17.0. The van der Waals surface area contributed by atoms with E-state index in [1.165, 1.54) is 24.3 Å². The number of rotatable bonds is 5. The van der Waals surface area contributed by atoms with E-state index < -0.39 is 23.7 Å². The molecule has 0 unspecified atom stereocenters.